The first-order valence-electron chi connectivity index (χ1n) is 6.83. The van der Waals surface area contributed by atoms with Gasteiger partial charge in [-0.2, -0.15) is 0 Å². The summed E-state index contributed by atoms with van der Waals surface area (Å²) in [6.45, 7) is 5.43. The molecule has 0 saturated heterocycles. The third-order valence-corrected chi connectivity index (χ3v) is 4.88. The Morgan fingerprint density at radius 2 is 1.90 bits per heavy atom. The van der Waals surface area contributed by atoms with E-state index in [9.17, 15) is 8.42 Å². The Morgan fingerprint density at radius 1 is 1.24 bits per heavy atom. The molecule has 0 bridgehead atoms. The summed E-state index contributed by atoms with van der Waals surface area (Å²) in [5.41, 5.74) is 7.53. The minimum atomic E-state index is -3.57. The van der Waals surface area contributed by atoms with Crippen molar-refractivity contribution in [1.29, 1.82) is 0 Å². The molecular formula is C14H25N3O3S. The SMILES string of the molecule is Cc1ccc(N)c(C)c1S(=O)(=O)NCCOCCN(C)C. The van der Waals surface area contributed by atoms with E-state index in [4.69, 9.17) is 10.5 Å². The highest BCUT2D eigenvalue weighted by Crippen LogP contribution is 2.24. The molecule has 6 nitrogen and oxygen atoms in total. The number of likely N-dealkylation sites (N-methyl/N-ethyl adjacent to an activating group) is 1. The third-order valence-electron chi connectivity index (χ3n) is 3.13. The number of anilines is 1. The molecule has 0 aliphatic heterocycles. The van der Waals surface area contributed by atoms with Gasteiger partial charge in [-0.15, -0.1) is 0 Å². The van der Waals surface area contributed by atoms with Crippen LogP contribution in [0.25, 0.3) is 0 Å². The molecule has 0 atom stereocenters. The topological polar surface area (TPSA) is 84.7 Å². The van der Waals surface area contributed by atoms with Gasteiger partial charge in [0.25, 0.3) is 0 Å². The minimum absolute atomic E-state index is 0.240. The van der Waals surface area contributed by atoms with E-state index in [0.717, 1.165) is 6.54 Å². The molecule has 0 aromatic heterocycles. The molecule has 0 fully saturated rings. The lowest BCUT2D eigenvalue weighted by molar-refractivity contribution is 0.122. The maximum absolute atomic E-state index is 12.3. The molecule has 0 saturated carbocycles. The summed E-state index contributed by atoms with van der Waals surface area (Å²) in [5.74, 6) is 0. The van der Waals surface area contributed by atoms with Crippen molar-refractivity contribution < 1.29 is 13.2 Å². The first-order valence-corrected chi connectivity index (χ1v) is 8.32. The van der Waals surface area contributed by atoms with Crippen molar-refractivity contribution in [3.8, 4) is 0 Å². The Morgan fingerprint density at radius 3 is 2.52 bits per heavy atom. The molecule has 0 aliphatic carbocycles. The van der Waals surface area contributed by atoms with E-state index in [1.807, 2.05) is 19.0 Å². The van der Waals surface area contributed by atoms with Crippen molar-refractivity contribution in [3.05, 3.63) is 23.3 Å². The van der Waals surface area contributed by atoms with E-state index in [0.29, 0.717) is 30.0 Å². The van der Waals surface area contributed by atoms with Crippen molar-refractivity contribution in [2.45, 2.75) is 18.7 Å². The fraction of sp³-hybridized carbons (Fsp3) is 0.571. The summed E-state index contributed by atoms with van der Waals surface area (Å²) in [4.78, 5) is 2.26. The van der Waals surface area contributed by atoms with Crippen LogP contribution in [-0.4, -0.2) is 53.7 Å². The van der Waals surface area contributed by atoms with Gasteiger partial charge in [0.2, 0.25) is 10.0 Å². The summed E-state index contributed by atoms with van der Waals surface area (Å²) in [7, 11) is 0.344. The van der Waals surface area contributed by atoms with Crippen molar-refractivity contribution in [2.75, 3.05) is 46.1 Å². The monoisotopic (exact) mass is 315 g/mol. The Bertz CT molecular complexity index is 571. The lowest BCUT2D eigenvalue weighted by Gasteiger charge is -2.14. The normalized spacial score (nSPS) is 12.0. The fourth-order valence-corrected chi connectivity index (χ4v) is 3.43. The number of benzene rings is 1. The molecule has 1 aromatic rings. The van der Waals surface area contributed by atoms with Gasteiger partial charge >= 0.3 is 0 Å². The van der Waals surface area contributed by atoms with Crippen LogP contribution < -0.4 is 10.5 Å². The highest BCUT2D eigenvalue weighted by molar-refractivity contribution is 7.89. The Hall–Kier alpha value is -1.15. The van der Waals surface area contributed by atoms with Gasteiger partial charge in [0, 0.05) is 18.8 Å². The number of nitrogens with two attached hydrogens (primary N) is 1. The van der Waals surface area contributed by atoms with Crippen LogP contribution in [0.3, 0.4) is 0 Å². The van der Waals surface area contributed by atoms with Crippen molar-refractivity contribution >= 4 is 15.7 Å². The summed E-state index contributed by atoms with van der Waals surface area (Å²) >= 11 is 0. The zero-order chi connectivity index (χ0) is 16.0. The molecule has 1 rings (SSSR count). The molecule has 0 heterocycles. The van der Waals surface area contributed by atoms with E-state index < -0.39 is 10.0 Å². The minimum Gasteiger partial charge on any atom is -0.398 e. The van der Waals surface area contributed by atoms with Crippen LogP contribution in [0.1, 0.15) is 11.1 Å². The lowest BCUT2D eigenvalue weighted by Crippen LogP contribution is -2.29. The number of sulfonamides is 1. The van der Waals surface area contributed by atoms with Crippen LogP contribution in [0.5, 0.6) is 0 Å². The highest BCUT2D eigenvalue weighted by atomic mass is 32.2. The van der Waals surface area contributed by atoms with Gasteiger partial charge in [-0.1, -0.05) is 6.07 Å². The average Bonchev–Trinajstić information content (AvgIpc) is 2.38. The smallest absolute Gasteiger partial charge is 0.241 e. The lowest BCUT2D eigenvalue weighted by atomic mass is 10.1. The molecule has 0 unspecified atom stereocenters. The van der Waals surface area contributed by atoms with Crippen molar-refractivity contribution in [3.63, 3.8) is 0 Å². The summed E-state index contributed by atoms with van der Waals surface area (Å²) < 4.78 is 32.6. The van der Waals surface area contributed by atoms with Crippen LogP contribution in [0.2, 0.25) is 0 Å². The second kappa shape index (κ2) is 7.74. The number of aryl methyl sites for hydroxylation is 1. The first kappa shape index (κ1) is 17.9. The van der Waals surface area contributed by atoms with Gasteiger partial charge in [0.15, 0.2) is 0 Å². The largest absolute Gasteiger partial charge is 0.398 e. The Balaban J connectivity index is 2.61. The molecule has 0 amide bonds. The van der Waals surface area contributed by atoms with E-state index in [2.05, 4.69) is 4.72 Å². The average molecular weight is 315 g/mol. The van der Waals surface area contributed by atoms with Crippen molar-refractivity contribution in [1.82, 2.24) is 9.62 Å². The number of nitrogens with one attached hydrogen (secondary N) is 1. The van der Waals surface area contributed by atoms with E-state index in [1.165, 1.54) is 0 Å². The predicted octanol–water partition coefficient (Wildman–Crippen LogP) is 0.742. The van der Waals surface area contributed by atoms with Crippen LogP contribution in [0, 0.1) is 13.8 Å². The maximum Gasteiger partial charge on any atom is 0.241 e. The van der Waals surface area contributed by atoms with Crippen LogP contribution >= 0.6 is 0 Å². The standard InChI is InChI=1S/C14H25N3O3S/c1-11-5-6-13(15)12(2)14(11)21(18,19)16-7-9-20-10-8-17(3)4/h5-6,16H,7-10,15H2,1-4H3. The van der Waals surface area contributed by atoms with Gasteiger partial charge in [0.05, 0.1) is 18.1 Å². The number of nitrogen functional groups attached to an aromatic ring is 1. The van der Waals surface area contributed by atoms with Gasteiger partial charge < -0.3 is 15.4 Å². The predicted molar refractivity (Wildman–Crippen MR) is 84.9 cm³/mol. The number of rotatable bonds is 8. The van der Waals surface area contributed by atoms with Gasteiger partial charge in [0.1, 0.15) is 0 Å². The summed E-state index contributed by atoms with van der Waals surface area (Å²) in [6.07, 6.45) is 0. The Labute approximate surface area is 127 Å². The van der Waals surface area contributed by atoms with Gasteiger partial charge in [-0.3, -0.25) is 0 Å². The molecule has 1 aromatic carbocycles. The first-order chi connectivity index (χ1) is 9.75. The second-order valence-corrected chi connectivity index (χ2v) is 6.94. The Kier molecular flexibility index (Phi) is 6.60. The highest BCUT2D eigenvalue weighted by Gasteiger charge is 2.20. The molecule has 21 heavy (non-hydrogen) atoms. The maximum atomic E-state index is 12.3. The van der Waals surface area contributed by atoms with E-state index in [-0.39, 0.29) is 11.4 Å². The fourth-order valence-electron chi connectivity index (χ4n) is 1.93. The zero-order valence-electron chi connectivity index (χ0n) is 13.1. The molecule has 120 valence electrons. The third kappa shape index (κ3) is 5.28. The molecule has 0 spiro atoms. The van der Waals surface area contributed by atoms with Crippen LogP contribution in [-0.2, 0) is 14.8 Å². The number of ether oxygens (including phenoxy) is 1. The molecule has 3 N–H and O–H groups in total. The van der Waals surface area contributed by atoms with Crippen molar-refractivity contribution in [2.24, 2.45) is 0 Å². The summed E-state index contributed by atoms with van der Waals surface area (Å²) in [6, 6.07) is 3.43. The molecule has 7 heteroatoms. The van der Waals surface area contributed by atoms with Gasteiger partial charge in [-0.05, 0) is 45.1 Å². The number of hydrogen-bond donors (Lipinski definition) is 2. The van der Waals surface area contributed by atoms with E-state index >= 15 is 0 Å². The van der Waals surface area contributed by atoms with E-state index in [1.54, 1.807) is 26.0 Å². The second-order valence-electron chi connectivity index (χ2n) is 5.24. The zero-order valence-corrected chi connectivity index (χ0v) is 14.0. The molecule has 0 aliphatic rings. The molecule has 0 radical (unpaired) electrons. The van der Waals surface area contributed by atoms with Gasteiger partial charge in [-0.25, -0.2) is 13.1 Å². The molecular weight excluding hydrogens is 290 g/mol. The number of nitrogens with zero attached hydrogens (tertiary/aromatic N) is 1. The summed E-state index contributed by atoms with van der Waals surface area (Å²) in [5, 5.41) is 0. The quantitative estimate of drug-likeness (QED) is 0.546. The van der Waals surface area contributed by atoms with Crippen LogP contribution in [0.15, 0.2) is 17.0 Å². The van der Waals surface area contributed by atoms with Crippen LogP contribution in [0.4, 0.5) is 5.69 Å². The number of hydrogen-bond acceptors (Lipinski definition) is 5.